The van der Waals surface area contributed by atoms with Gasteiger partial charge in [-0.05, 0) is 31.4 Å². The summed E-state index contributed by atoms with van der Waals surface area (Å²) in [6.07, 6.45) is 7.83. The van der Waals surface area contributed by atoms with Gasteiger partial charge in [-0.15, -0.1) is 0 Å². The zero-order chi connectivity index (χ0) is 29.0. The van der Waals surface area contributed by atoms with Gasteiger partial charge in [0.1, 0.15) is 5.82 Å². The smallest absolute Gasteiger partial charge is 0.217 e. The number of piperazine rings is 1. The molecule has 2 aromatic heterocycles. The van der Waals surface area contributed by atoms with E-state index in [0.29, 0.717) is 84.1 Å². The Morgan fingerprint density at radius 1 is 1.02 bits per heavy atom. The van der Waals surface area contributed by atoms with Crippen molar-refractivity contribution in [3.05, 3.63) is 60.4 Å². The van der Waals surface area contributed by atoms with E-state index in [2.05, 4.69) is 28.6 Å². The van der Waals surface area contributed by atoms with Crippen LogP contribution in [0.1, 0.15) is 25.8 Å². The highest BCUT2D eigenvalue weighted by atomic mass is 32.2. The van der Waals surface area contributed by atoms with Crippen LogP contribution in [0.3, 0.4) is 0 Å². The molecule has 1 aromatic carbocycles. The quantitative estimate of drug-likeness (QED) is 0.262. The van der Waals surface area contributed by atoms with Crippen LogP contribution in [-0.2, 0) is 14.8 Å². The predicted octanol–water partition coefficient (Wildman–Crippen LogP) is 4.85. The first-order valence-corrected chi connectivity index (χ1v) is 15.9. The lowest BCUT2D eigenvalue weighted by Crippen LogP contribution is -2.49. The van der Waals surface area contributed by atoms with E-state index in [0.717, 1.165) is 25.2 Å². The number of pyridine rings is 2. The standard InChI is InChI=1S/C30H39FN6O3S/c1-23(2)8-6-7-19-41(38,39)36-13-11-35(12-14-36)30-24(3)29(27-9-4-5-10-28(27)33-30)37(31)26-20-25(21-32-22-26)34-15-17-40-18-16-34/h4-7,9-10,20-23H,8,11-19H2,1-3H3. The fraction of sp³-hybridized carbons (Fsp3) is 0.467. The topological polar surface area (TPSA) is 82.1 Å². The van der Waals surface area contributed by atoms with Gasteiger partial charge in [0.25, 0.3) is 0 Å². The number of sulfonamides is 1. The maximum atomic E-state index is 16.4. The van der Waals surface area contributed by atoms with Crippen molar-refractivity contribution in [3.63, 3.8) is 0 Å². The van der Waals surface area contributed by atoms with Crippen molar-refractivity contribution >= 4 is 43.8 Å². The number of anilines is 4. The molecule has 0 atom stereocenters. The minimum absolute atomic E-state index is 0.00544. The molecule has 9 nitrogen and oxygen atoms in total. The number of hydrogen-bond acceptors (Lipinski definition) is 8. The van der Waals surface area contributed by atoms with Crippen LogP contribution in [0.15, 0.2) is 54.9 Å². The van der Waals surface area contributed by atoms with Gasteiger partial charge in [-0.2, -0.15) is 9.43 Å². The highest BCUT2D eigenvalue weighted by Gasteiger charge is 2.29. The van der Waals surface area contributed by atoms with E-state index in [1.54, 1.807) is 16.6 Å². The van der Waals surface area contributed by atoms with E-state index in [-0.39, 0.29) is 5.75 Å². The van der Waals surface area contributed by atoms with Gasteiger partial charge in [0.05, 0.1) is 53.9 Å². The van der Waals surface area contributed by atoms with Crippen LogP contribution in [0.25, 0.3) is 10.9 Å². The van der Waals surface area contributed by atoms with E-state index in [1.807, 2.05) is 43.3 Å². The number of allylic oxidation sites excluding steroid dienone is 1. The number of rotatable bonds is 9. The van der Waals surface area contributed by atoms with Crippen LogP contribution in [0.2, 0.25) is 0 Å². The lowest BCUT2D eigenvalue weighted by atomic mass is 10.1. The van der Waals surface area contributed by atoms with Gasteiger partial charge in [0.15, 0.2) is 0 Å². The fourth-order valence-electron chi connectivity index (χ4n) is 5.33. The summed E-state index contributed by atoms with van der Waals surface area (Å²) in [5, 5.41) is 1.40. The van der Waals surface area contributed by atoms with E-state index < -0.39 is 10.0 Å². The number of halogens is 1. The monoisotopic (exact) mass is 582 g/mol. The third kappa shape index (κ3) is 6.63. The molecule has 220 valence electrons. The molecule has 0 aliphatic carbocycles. The second kappa shape index (κ2) is 12.7. The van der Waals surface area contributed by atoms with Crippen LogP contribution < -0.4 is 14.9 Å². The summed E-state index contributed by atoms with van der Waals surface area (Å²) in [6, 6.07) is 9.33. The number of fused-ring (bicyclic) bond motifs is 1. The minimum Gasteiger partial charge on any atom is -0.378 e. The summed E-state index contributed by atoms with van der Waals surface area (Å²) in [5.41, 5.74) is 2.96. The average Bonchev–Trinajstić information content (AvgIpc) is 2.99. The maximum absolute atomic E-state index is 16.4. The van der Waals surface area contributed by atoms with Gasteiger partial charge in [-0.3, -0.25) is 4.98 Å². The Hall–Kier alpha value is -3.28. The molecular formula is C30H39FN6O3S. The fourth-order valence-corrected chi connectivity index (χ4v) is 6.64. The summed E-state index contributed by atoms with van der Waals surface area (Å²) < 4.78 is 49.2. The summed E-state index contributed by atoms with van der Waals surface area (Å²) in [6.45, 7) is 10.5. The molecule has 2 saturated heterocycles. The molecule has 4 heterocycles. The molecule has 41 heavy (non-hydrogen) atoms. The molecule has 0 radical (unpaired) electrons. The van der Waals surface area contributed by atoms with Gasteiger partial charge in [-0.1, -0.05) is 48.7 Å². The molecule has 2 aliphatic rings. The Morgan fingerprint density at radius 2 is 1.76 bits per heavy atom. The number of aromatic nitrogens is 2. The van der Waals surface area contributed by atoms with E-state index in [4.69, 9.17) is 9.72 Å². The minimum atomic E-state index is -3.39. The summed E-state index contributed by atoms with van der Waals surface area (Å²) in [4.78, 5) is 13.4. The number of hydrogen-bond donors (Lipinski definition) is 0. The van der Waals surface area contributed by atoms with E-state index in [9.17, 15) is 8.42 Å². The van der Waals surface area contributed by atoms with Gasteiger partial charge in [0.2, 0.25) is 10.0 Å². The first kappa shape index (κ1) is 29.2. The molecule has 0 unspecified atom stereocenters. The predicted molar refractivity (Wildman–Crippen MR) is 163 cm³/mol. The number of benzene rings is 1. The molecule has 3 aromatic rings. The number of morpholine rings is 1. The summed E-state index contributed by atoms with van der Waals surface area (Å²) in [7, 11) is -3.39. The third-order valence-corrected chi connectivity index (χ3v) is 9.36. The average molecular weight is 583 g/mol. The normalized spacial score (nSPS) is 17.2. The molecule has 0 N–H and O–H groups in total. The first-order valence-electron chi connectivity index (χ1n) is 14.3. The van der Waals surface area contributed by atoms with Crippen molar-refractivity contribution in [1.29, 1.82) is 0 Å². The first-order chi connectivity index (χ1) is 19.7. The van der Waals surface area contributed by atoms with Crippen LogP contribution >= 0.6 is 0 Å². The van der Waals surface area contributed by atoms with Crippen LogP contribution in [0.5, 0.6) is 0 Å². The number of para-hydroxylation sites is 1. The third-order valence-electron chi connectivity index (χ3n) is 7.60. The van der Waals surface area contributed by atoms with Crippen molar-refractivity contribution in [3.8, 4) is 0 Å². The van der Waals surface area contributed by atoms with Crippen molar-refractivity contribution in [1.82, 2.24) is 14.3 Å². The Kier molecular flexibility index (Phi) is 9.06. The lowest BCUT2D eigenvalue weighted by Gasteiger charge is -2.36. The Bertz CT molecular complexity index is 1480. The van der Waals surface area contributed by atoms with Crippen LogP contribution in [0, 0.1) is 12.8 Å². The van der Waals surface area contributed by atoms with E-state index in [1.165, 1.54) is 6.20 Å². The molecule has 0 saturated carbocycles. The lowest BCUT2D eigenvalue weighted by molar-refractivity contribution is 0.122. The van der Waals surface area contributed by atoms with Gasteiger partial charge >= 0.3 is 0 Å². The Labute approximate surface area is 242 Å². The Balaban J connectivity index is 1.39. The number of nitrogens with zero attached hydrogens (tertiary/aromatic N) is 6. The maximum Gasteiger partial charge on any atom is 0.217 e. The van der Waals surface area contributed by atoms with Crippen LogP contribution in [-0.4, -0.2) is 80.9 Å². The molecule has 0 amide bonds. The molecule has 5 rings (SSSR count). The molecule has 0 spiro atoms. The van der Waals surface area contributed by atoms with Crippen molar-refractivity contribution in [2.75, 3.05) is 73.2 Å². The number of ether oxygens (including phenoxy) is 1. The molecular weight excluding hydrogens is 543 g/mol. The SMILES string of the molecule is Cc1c(N2CCN(S(=O)(=O)CC=CCC(C)C)CC2)nc2ccccc2c1N(F)c1cncc(N2CCOCC2)c1. The molecule has 11 heteroatoms. The van der Waals surface area contributed by atoms with Crippen molar-refractivity contribution < 1.29 is 17.6 Å². The Morgan fingerprint density at radius 3 is 2.49 bits per heavy atom. The molecule has 2 fully saturated rings. The highest BCUT2D eigenvalue weighted by molar-refractivity contribution is 7.89. The highest BCUT2D eigenvalue weighted by Crippen LogP contribution is 2.40. The second-order valence-electron chi connectivity index (χ2n) is 11.0. The van der Waals surface area contributed by atoms with Gasteiger partial charge in [-0.25, -0.2) is 13.4 Å². The van der Waals surface area contributed by atoms with E-state index >= 15 is 4.48 Å². The zero-order valence-electron chi connectivity index (χ0n) is 24.0. The second-order valence-corrected chi connectivity index (χ2v) is 13.0. The van der Waals surface area contributed by atoms with Crippen molar-refractivity contribution in [2.24, 2.45) is 5.92 Å². The summed E-state index contributed by atoms with van der Waals surface area (Å²) >= 11 is 0. The summed E-state index contributed by atoms with van der Waals surface area (Å²) in [5.74, 6) is 1.16. The van der Waals surface area contributed by atoms with Gasteiger partial charge < -0.3 is 14.5 Å². The van der Waals surface area contributed by atoms with Crippen molar-refractivity contribution in [2.45, 2.75) is 27.2 Å². The largest absolute Gasteiger partial charge is 0.378 e. The van der Waals surface area contributed by atoms with Crippen LogP contribution in [0.4, 0.5) is 27.4 Å². The molecule has 2 aliphatic heterocycles. The molecule has 0 bridgehead atoms. The van der Waals surface area contributed by atoms with Gasteiger partial charge in [0, 0.05) is 50.2 Å². The zero-order valence-corrected chi connectivity index (χ0v) is 24.9.